The second-order valence-corrected chi connectivity index (χ2v) is 4.80. The summed E-state index contributed by atoms with van der Waals surface area (Å²) in [6, 6.07) is 5.50. The molecule has 16 heavy (non-hydrogen) atoms. The number of aliphatic imine (C=N–C) groups is 1. The van der Waals surface area contributed by atoms with E-state index in [0.29, 0.717) is 11.5 Å². The maximum absolute atomic E-state index is 10.9. The topological polar surface area (TPSA) is 29.4 Å². The van der Waals surface area contributed by atoms with E-state index in [1.807, 2.05) is 19.1 Å². The first kappa shape index (κ1) is 13.1. The smallest absolute Gasteiger partial charge is 0.152 e. The molecule has 1 aromatic carbocycles. The van der Waals surface area contributed by atoms with Crippen LogP contribution in [0.5, 0.6) is 0 Å². The predicted octanol–water partition coefficient (Wildman–Crippen LogP) is 4.40. The first-order valence-electron chi connectivity index (χ1n) is 5.38. The Balaban J connectivity index is 3.12. The molecule has 0 radical (unpaired) electrons. The third-order valence-electron chi connectivity index (χ3n) is 2.74. The molecule has 0 aliphatic rings. The van der Waals surface area contributed by atoms with Crippen LogP contribution in [-0.2, 0) is 0 Å². The molecule has 0 aliphatic heterocycles. The lowest BCUT2D eigenvalue weighted by Gasteiger charge is -2.08. The Bertz CT molecular complexity index is 412. The van der Waals surface area contributed by atoms with E-state index in [1.165, 1.54) is 0 Å². The van der Waals surface area contributed by atoms with Crippen molar-refractivity contribution in [2.45, 2.75) is 27.2 Å². The number of hydrogen-bond acceptors (Lipinski definition) is 2. The summed E-state index contributed by atoms with van der Waals surface area (Å²) in [4.78, 5) is 15.4. The second kappa shape index (κ2) is 5.94. The summed E-state index contributed by atoms with van der Waals surface area (Å²) in [5.74, 6) is 0.443. The molecule has 0 aliphatic carbocycles. The van der Waals surface area contributed by atoms with Gasteiger partial charge in [0.15, 0.2) is 6.29 Å². The molecular weight excluding hydrogens is 266 g/mol. The normalized spacial score (nSPS) is 13.6. The SMILES string of the molecule is CCC(C)/C(C)=N\c1cc(Br)ccc1C=O. The van der Waals surface area contributed by atoms with Gasteiger partial charge in [-0.25, -0.2) is 0 Å². The van der Waals surface area contributed by atoms with E-state index in [1.54, 1.807) is 6.07 Å². The van der Waals surface area contributed by atoms with Gasteiger partial charge in [0.2, 0.25) is 0 Å². The lowest BCUT2D eigenvalue weighted by Crippen LogP contribution is -2.04. The van der Waals surface area contributed by atoms with Crippen molar-refractivity contribution in [3.8, 4) is 0 Å². The van der Waals surface area contributed by atoms with Crippen molar-refractivity contribution in [1.82, 2.24) is 0 Å². The van der Waals surface area contributed by atoms with E-state index in [4.69, 9.17) is 0 Å². The Hall–Kier alpha value is -0.960. The van der Waals surface area contributed by atoms with Crippen LogP contribution in [0.3, 0.4) is 0 Å². The van der Waals surface area contributed by atoms with E-state index in [0.717, 1.165) is 28.6 Å². The highest BCUT2D eigenvalue weighted by Gasteiger charge is 2.05. The fourth-order valence-corrected chi connectivity index (χ4v) is 1.66. The van der Waals surface area contributed by atoms with Gasteiger partial charge in [0, 0.05) is 15.7 Å². The highest BCUT2D eigenvalue weighted by molar-refractivity contribution is 9.10. The average molecular weight is 282 g/mol. The molecule has 0 amide bonds. The largest absolute Gasteiger partial charge is 0.298 e. The zero-order valence-corrected chi connectivity index (χ0v) is 11.4. The summed E-state index contributed by atoms with van der Waals surface area (Å²) in [7, 11) is 0. The van der Waals surface area contributed by atoms with Gasteiger partial charge in [-0.15, -0.1) is 0 Å². The first-order valence-corrected chi connectivity index (χ1v) is 6.17. The van der Waals surface area contributed by atoms with Gasteiger partial charge in [-0.05, 0) is 37.5 Å². The van der Waals surface area contributed by atoms with Crippen LogP contribution >= 0.6 is 15.9 Å². The molecule has 1 aromatic rings. The summed E-state index contributed by atoms with van der Waals surface area (Å²) >= 11 is 3.38. The third kappa shape index (κ3) is 3.27. The van der Waals surface area contributed by atoms with E-state index in [-0.39, 0.29) is 0 Å². The molecule has 0 fully saturated rings. The molecule has 0 N–H and O–H groups in total. The Morgan fingerprint density at radius 1 is 1.56 bits per heavy atom. The minimum Gasteiger partial charge on any atom is -0.298 e. The predicted molar refractivity (Wildman–Crippen MR) is 71.8 cm³/mol. The molecular formula is C13H16BrNO. The summed E-state index contributed by atoms with van der Waals surface area (Å²) in [6.07, 6.45) is 1.90. The van der Waals surface area contributed by atoms with Gasteiger partial charge in [0.25, 0.3) is 0 Å². The summed E-state index contributed by atoms with van der Waals surface area (Å²) in [5.41, 5.74) is 2.43. The van der Waals surface area contributed by atoms with Gasteiger partial charge in [-0.3, -0.25) is 9.79 Å². The molecule has 1 atom stereocenters. The molecule has 86 valence electrons. The van der Waals surface area contributed by atoms with E-state index < -0.39 is 0 Å². The highest BCUT2D eigenvalue weighted by atomic mass is 79.9. The van der Waals surface area contributed by atoms with Crippen molar-refractivity contribution in [3.05, 3.63) is 28.2 Å². The number of halogens is 1. The van der Waals surface area contributed by atoms with Gasteiger partial charge in [0.1, 0.15) is 0 Å². The van der Waals surface area contributed by atoms with Crippen molar-refractivity contribution in [1.29, 1.82) is 0 Å². The minimum atomic E-state index is 0.443. The summed E-state index contributed by atoms with van der Waals surface area (Å²) in [5, 5.41) is 0. The van der Waals surface area contributed by atoms with Crippen LogP contribution in [0, 0.1) is 5.92 Å². The number of rotatable bonds is 4. The summed E-state index contributed by atoms with van der Waals surface area (Å²) < 4.78 is 0.939. The van der Waals surface area contributed by atoms with Crippen LogP contribution in [0.2, 0.25) is 0 Å². The van der Waals surface area contributed by atoms with Crippen LogP contribution in [0.4, 0.5) is 5.69 Å². The van der Waals surface area contributed by atoms with E-state index >= 15 is 0 Å². The number of benzene rings is 1. The summed E-state index contributed by atoms with van der Waals surface area (Å²) in [6.45, 7) is 6.27. The molecule has 1 rings (SSSR count). The van der Waals surface area contributed by atoms with Crippen molar-refractivity contribution in [2.75, 3.05) is 0 Å². The molecule has 0 heterocycles. The van der Waals surface area contributed by atoms with Gasteiger partial charge in [-0.1, -0.05) is 29.8 Å². The Kier molecular flexibility index (Phi) is 4.87. The molecule has 1 unspecified atom stereocenters. The van der Waals surface area contributed by atoms with Crippen molar-refractivity contribution in [3.63, 3.8) is 0 Å². The van der Waals surface area contributed by atoms with Crippen LogP contribution in [0.25, 0.3) is 0 Å². The van der Waals surface area contributed by atoms with Crippen molar-refractivity contribution in [2.24, 2.45) is 10.9 Å². The standard InChI is InChI=1S/C13H16BrNO/c1-4-9(2)10(3)15-13-7-12(14)6-5-11(13)8-16/h5-9H,4H2,1-3H3/b15-10-. The Morgan fingerprint density at radius 2 is 2.25 bits per heavy atom. The maximum atomic E-state index is 10.9. The molecule has 2 nitrogen and oxygen atoms in total. The lowest BCUT2D eigenvalue weighted by molar-refractivity contribution is 0.112. The molecule has 0 saturated heterocycles. The lowest BCUT2D eigenvalue weighted by atomic mass is 10.0. The van der Waals surface area contributed by atoms with Gasteiger partial charge >= 0.3 is 0 Å². The fraction of sp³-hybridized carbons (Fsp3) is 0.385. The van der Waals surface area contributed by atoms with Crippen molar-refractivity contribution < 1.29 is 4.79 Å². The monoisotopic (exact) mass is 281 g/mol. The van der Waals surface area contributed by atoms with Gasteiger partial charge < -0.3 is 0 Å². The Labute approximate surface area is 105 Å². The molecule has 0 spiro atoms. The quantitative estimate of drug-likeness (QED) is 0.594. The number of carbonyl (C=O) groups is 1. The number of nitrogens with zero attached hydrogens (tertiary/aromatic N) is 1. The zero-order valence-electron chi connectivity index (χ0n) is 9.83. The highest BCUT2D eigenvalue weighted by Crippen LogP contribution is 2.24. The van der Waals surface area contributed by atoms with E-state index in [2.05, 4.69) is 34.8 Å². The number of aldehydes is 1. The molecule has 0 bridgehead atoms. The van der Waals surface area contributed by atoms with E-state index in [9.17, 15) is 4.79 Å². The molecule has 0 saturated carbocycles. The zero-order chi connectivity index (χ0) is 12.1. The second-order valence-electron chi connectivity index (χ2n) is 3.88. The van der Waals surface area contributed by atoms with Gasteiger partial charge in [-0.2, -0.15) is 0 Å². The molecule has 3 heteroatoms. The van der Waals surface area contributed by atoms with Crippen LogP contribution < -0.4 is 0 Å². The third-order valence-corrected chi connectivity index (χ3v) is 3.24. The van der Waals surface area contributed by atoms with Gasteiger partial charge in [0.05, 0.1) is 5.69 Å². The van der Waals surface area contributed by atoms with Crippen LogP contribution in [0.15, 0.2) is 27.7 Å². The Morgan fingerprint density at radius 3 is 2.81 bits per heavy atom. The first-order chi connectivity index (χ1) is 7.58. The minimum absolute atomic E-state index is 0.443. The van der Waals surface area contributed by atoms with Crippen molar-refractivity contribution >= 4 is 33.6 Å². The van der Waals surface area contributed by atoms with Crippen LogP contribution in [-0.4, -0.2) is 12.0 Å². The number of carbonyl (C=O) groups excluding carboxylic acids is 1. The fourth-order valence-electron chi connectivity index (χ4n) is 1.31. The number of hydrogen-bond donors (Lipinski definition) is 0. The molecule has 0 aromatic heterocycles. The average Bonchev–Trinajstić information content (AvgIpc) is 2.28. The van der Waals surface area contributed by atoms with Crippen LogP contribution in [0.1, 0.15) is 37.6 Å². The maximum Gasteiger partial charge on any atom is 0.152 e.